The van der Waals surface area contributed by atoms with Crippen LogP contribution in [0.5, 0.6) is 0 Å². The lowest BCUT2D eigenvalue weighted by molar-refractivity contribution is -0.137. The van der Waals surface area contributed by atoms with Crippen LogP contribution in [-0.4, -0.2) is 17.2 Å². The molecule has 2 rings (SSSR count). The van der Waals surface area contributed by atoms with Gasteiger partial charge >= 0.3 is 6.18 Å². The Balaban J connectivity index is 2.27. The van der Waals surface area contributed by atoms with Gasteiger partial charge in [-0.25, -0.2) is 0 Å². The van der Waals surface area contributed by atoms with E-state index in [9.17, 15) is 18.3 Å². The third-order valence-corrected chi connectivity index (χ3v) is 4.07. The van der Waals surface area contributed by atoms with E-state index in [0.717, 1.165) is 12.1 Å². The van der Waals surface area contributed by atoms with E-state index in [1.165, 1.54) is 18.3 Å². The third kappa shape index (κ3) is 3.95. The first-order chi connectivity index (χ1) is 10.7. The summed E-state index contributed by atoms with van der Waals surface area (Å²) in [5.41, 5.74) is 7.10. The fraction of sp³-hybridized carbons (Fsp3) is 0.467. The predicted molar refractivity (Wildman–Crippen MR) is 80.6 cm³/mol. The van der Waals surface area contributed by atoms with Gasteiger partial charge in [0, 0.05) is 24.4 Å². The Labute approximate surface area is 132 Å². The highest BCUT2D eigenvalue weighted by Gasteiger charge is 2.40. The summed E-state index contributed by atoms with van der Waals surface area (Å²) in [6, 6.07) is 4.21. The number of nitrogens with one attached hydrogen (secondary N) is 2. The largest absolute Gasteiger partial charge is 0.416 e. The number of alkyl halides is 3. The van der Waals surface area contributed by atoms with Crippen molar-refractivity contribution in [1.29, 1.82) is 0 Å². The van der Waals surface area contributed by atoms with Gasteiger partial charge in [0.15, 0.2) is 0 Å². The van der Waals surface area contributed by atoms with Crippen molar-refractivity contribution in [3.63, 3.8) is 0 Å². The number of aliphatic hydroxyl groups is 1. The van der Waals surface area contributed by atoms with Gasteiger partial charge in [0.05, 0.1) is 17.2 Å². The Morgan fingerprint density at radius 1 is 1.35 bits per heavy atom. The number of rotatable bonds is 3. The summed E-state index contributed by atoms with van der Waals surface area (Å²) in [6.07, 6.45) is -2.36. The Morgan fingerprint density at radius 2 is 1.96 bits per heavy atom. The van der Waals surface area contributed by atoms with E-state index in [4.69, 9.17) is 11.6 Å². The van der Waals surface area contributed by atoms with Crippen LogP contribution in [0.1, 0.15) is 30.9 Å². The number of hydrazine groups is 1. The average Bonchev–Trinajstić information content (AvgIpc) is 2.46. The van der Waals surface area contributed by atoms with Crippen LogP contribution in [0.4, 0.5) is 13.2 Å². The van der Waals surface area contributed by atoms with Crippen LogP contribution in [0.25, 0.3) is 0 Å². The summed E-state index contributed by atoms with van der Waals surface area (Å²) >= 11 is 0. The fourth-order valence-electron chi connectivity index (χ4n) is 3.00. The van der Waals surface area contributed by atoms with Crippen LogP contribution in [0.15, 0.2) is 36.2 Å². The van der Waals surface area contributed by atoms with E-state index >= 15 is 0 Å². The normalized spacial score (nSPS) is 29.4. The monoisotopic (exact) mass is 330 g/mol. The molecule has 1 aromatic rings. The molecular weight excluding hydrogens is 309 g/mol. The number of nitrogens with two attached hydrogens (primary N) is 2. The Bertz CT molecular complexity index is 573. The van der Waals surface area contributed by atoms with Crippen LogP contribution in [0.3, 0.4) is 0 Å². The molecule has 0 amide bonds. The van der Waals surface area contributed by atoms with Crippen LogP contribution in [-0.2, 0) is 11.8 Å². The Morgan fingerprint density at radius 3 is 2.48 bits per heavy atom. The van der Waals surface area contributed by atoms with E-state index in [1.807, 2.05) is 6.92 Å². The smallest absolute Gasteiger partial charge is 0.400 e. The van der Waals surface area contributed by atoms with Crippen molar-refractivity contribution in [1.82, 2.24) is 10.7 Å². The quantitative estimate of drug-likeness (QED) is 0.425. The van der Waals surface area contributed by atoms with Gasteiger partial charge in [0.25, 0.3) is 0 Å². The molecule has 3 atom stereocenters. The minimum absolute atomic E-state index is 0.0641. The maximum absolute atomic E-state index is 12.7. The average molecular weight is 330 g/mol. The molecule has 3 unspecified atom stereocenters. The fourth-order valence-corrected chi connectivity index (χ4v) is 3.00. The Kier molecular flexibility index (Phi) is 4.88. The maximum atomic E-state index is 12.7. The molecule has 0 bridgehead atoms. The van der Waals surface area contributed by atoms with Crippen LogP contribution in [0, 0.1) is 0 Å². The van der Waals surface area contributed by atoms with E-state index in [-0.39, 0.29) is 18.5 Å². The lowest BCUT2D eigenvalue weighted by Crippen LogP contribution is -2.53. The molecule has 23 heavy (non-hydrogen) atoms. The SMILES string of the molecule is CC1CC(O)(c2ccc(C(F)(F)F)cc2)CC(/C(N)=C/NN)N1. The second-order valence-electron chi connectivity index (χ2n) is 5.95. The first kappa shape index (κ1) is 17.6. The zero-order valence-corrected chi connectivity index (χ0v) is 12.7. The zero-order chi connectivity index (χ0) is 17.3. The number of hydrogen-bond donors (Lipinski definition) is 5. The van der Waals surface area contributed by atoms with Gasteiger partial charge in [-0.3, -0.25) is 5.84 Å². The molecule has 5 nitrogen and oxygen atoms in total. The number of benzene rings is 1. The molecule has 128 valence electrons. The molecule has 0 radical (unpaired) electrons. The second-order valence-corrected chi connectivity index (χ2v) is 5.95. The molecule has 1 heterocycles. The van der Waals surface area contributed by atoms with Gasteiger partial charge < -0.3 is 21.6 Å². The van der Waals surface area contributed by atoms with Crippen molar-refractivity contribution < 1.29 is 18.3 Å². The number of halogens is 3. The van der Waals surface area contributed by atoms with Gasteiger partial charge in [-0.15, -0.1) is 0 Å². The molecule has 1 aromatic carbocycles. The van der Waals surface area contributed by atoms with Crippen LogP contribution in [0.2, 0.25) is 0 Å². The molecule has 1 fully saturated rings. The highest BCUT2D eigenvalue weighted by molar-refractivity contribution is 5.30. The van der Waals surface area contributed by atoms with Crippen molar-refractivity contribution in [2.24, 2.45) is 11.6 Å². The molecule has 0 saturated carbocycles. The van der Waals surface area contributed by atoms with Crippen LogP contribution >= 0.6 is 0 Å². The minimum Gasteiger partial charge on any atom is -0.400 e. The lowest BCUT2D eigenvalue weighted by atomic mass is 9.78. The van der Waals surface area contributed by atoms with Gasteiger partial charge in [-0.2, -0.15) is 13.2 Å². The summed E-state index contributed by atoms with van der Waals surface area (Å²) < 4.78 is 38.0. The summed E-state index contributed by atoms with van der Waals surface area (Å²) in [4.78, 5) is 0. The van der Waals surface area contributed by atoms with E-state index < -0.39 is 17.3 Å². The molecule has 1 aliphatic heterocycles. The summed E-state index contributed by atoms with van der Waals surface area (Å²) in [5, 5.41) is 14.2. The van der Waals surface area contributed by atoms with Crippen molar-refractivity contribution in [2.45, 2.75) is 43.6 Å². The zero-order valence-electron chi connectivity index (χ0n) is 12.7. The van der Waals surface area contributed by atoms with Crippen LogP contribution < -0.4 is 22.3 Å². The van der Waals surface area contributed by atoms with Gasteiger partial charge in [0.2, 0.25) is 0 Å². The predicted octanol–water partition coefficient (Wildman–Crippen LogP) is 1.30. The second kappa shape index (κ2) is 6.38. The maximum Gasteiger partial charge on any atom is 0.416 e. The number of piperidine rings is 1. The molecular formula is C15H21F3N4O. The topological polar surface area (TPSA) is 96.3 Å². The van der Waals surface area contributed by atoms with Crippen molar-refractivity contribution in [3.05, 3.63) is 47.3 Å². The Hall–Kier alpha value is -1.77. The first-order valence-electron chi connectivity index (χ1n) is 7.23. The highest BCUT2D eigenvalue weighted by atomic mass is 19.4. The molecule has 7 N–H and O–H groups in total. The summed E-state index contributed by atoms with van der Waals surface area (Å²) in [5.74, 6) is 5.20. The minimum atomic E-state index is -4.40. The molecule has 0 aromatic heterocycles. The molecule has 0 spiro atoms. The lowest BCUT2D eigenvalue weighted by Gasteiger charge is -2.41. The first-order valence-corrected chi connectivity index (χ1v) is 7.23. The highest BCUT2D eigenvalue weighted by Crippen LogP contribution is 2.37. The molecule has 0 aliphatic carbocycles. The summed E-state index contributed by atoms with van der Waals surface area (Å²) in [7, 11) is 0. The van der Waals surface area contributed by atoms with Crippen molar-refractivity contribution >= 4 is 0 Å². The standard InChI is InChI=1S/C15H21F3N4O/c1-9-6-14(23,7-13(22-9)12(19)8-21-20)10-2-4-11(5-3-10)15(16,17)18/h2-5,8-9,13,21-23H,6-7,19-20H2,1H3/b12-8-. The van der Waals surface area contributed by atoms with E-state index in [2.05, 4.69) is 10.7 Å². The van der Waals surface area contributed by atoms with Gasteiger partial charge in [-0.05, 0) is 31.0 Å². The molecule has 1 aliphatic rings. The number of hydrogen-bond acceptors (Lipinski definition) is 5. The summed E-state index contributed by atoms with van der Waals surface area (Å²) in [6.45, 7) is 1.88. The van der Waals surface area contributed by atoms with Gasteiger partial charge in [0.1, 0.15) is 0 Å². The van der Waals surface area contributed by atoms with Crippen molar-refractivity contribution in [2.75, 3.05) is 0 Å². The third-order valence-electron chi connectivity index (χ3n) is 4.07. The molecule has 8 heteroatoms. The van der Waals surface area contributed by atoms with E-state index in [0.29, 0.717) is 17.7 Å². The molecule has 1 saturated heterocycles. The van der Waals surface area contributed by atoms with E-state index in [1.54, 1.807) is 0 Å². The van der Waals surface area contributed by atoms with Gasteiger partial charge in [-0.1, -0.05) is 12.1 Å². The van der Waals surface area contributed by atoms with Crippen molar-refractivity contribution in [3.8, 4) is 0 Å².